The van der Waals surface area contributed by atoms with Crippen molar-refractivity contribution in [2.24, 2.45) is 0 Å². The van der Waals surface area contributed by atoms with Crippen molar-refractivity contribution in [2.45, 2.75) is 26.9 Å². The van der Waals surface area contributed by atoms with E-state index < -0.39 is 0 Å². The quantitative estimate of drug-likeness (QED) is 0.778. The van der Waals surface area contributed by atoms with E-state index in [0.29, 0.717) is 18.8 Å². The minimum Gasteiger partial charge on any atom is -0.336 e. The van der Waals surface area contributed by atoms with Crippen molar-refractivity contribution < 1.29 is 4.79 Å². The summed E-state index contributed by atoms with van der Waals surface area (Å²) in [5, 5.41) is 11.5. The number of amides is 1. The number of nitrogens with zero attached hydrogens (tertiary/aromatic N) is 5. The molecule has 0 aliphatic carbocycles. The van der Waals surface area contributed by atoms with Crippen LogP contribution in [-0.2, 0) is 13.1 Å². The largest absolute Gasteiger partial charge is 0.336 e. The van der Waals surface area contributed by atoms with Crippen molar-refractivity contribution in [2.75, 3.05) is 7.05 Å². The number of aromatic nitrogens is 5. The molecule has 0 aliphatic heterocycles. The Morgan fingerprint density at radius 2 is 2.17 bits per heavy atom. The topological polar surface area (TPSA) is 79.7 Å². The van der Waals surface area contributed by atoms with Gasteiger partial charge in [0, 0.05) is 31.7 Å². The number of pyridine rings is 1. The maximum absolute atomic E-state index is 12.5. The summed E-state index contributed by atoms with van der Waals surface area (Å²) in [7, 11) is 1.75. The fraction of sp³-hybridized carbons (Fsp3) is 0.294. The Morgan fingerprint density at radius 1 is 1.33 bits per heavy atom. The average Bonchev–Trinajstić information content (AvgIpc) is 3.14. The highest BCUT2D eigenvalue weighted by Gasteiger charge is 2.16. The van der Waals surface area contributed by atoms with E-state index in [4.69, 9.17) is 0 Å². The summed E-state index contributed by atoms with van der Waals surface area (Å²) in [6.07, 6.45) is 3.47. The Morgan fingerprint density at radius 3 is 2.83 bits per heavy atom. The van der Waals surface area contributed by atoms with Gasteiger partial charge in [-0.05, 0) is 37.6 Å². The zero-order valence-electron chi connectivity index (χ0n) is 14.0. The second-order valence-corrected chi connectivity index (χ2v) is 5.89. The van der Waals surface area contributed by atoms with Gasteiger partial charge in [-0.3, -0.25) is 19.6 Å². The number of H-pyrrole nitrogens is 1. The third kappa shape index (κ3) is 3.51. The smallest absolute Gasteiger partial charge is 0.274 e. The molecule has 7 nitrogen and oxygen atoms in total. The normalized spacial score (nSPS) is 10.8. The standard InChI is InChI=1S/C17H20N6O/c1-12-7-13(2)23(21-12)11-15-8-16(20-19-15)17(24)22(3)10-14-5-4-6-18-9-14/h4-9H,10-11H2,1-3H3,(H,19,20). The lowest BCUT2D eigenvalue weighted by Gasteiger charge is -2.15. The van der Waals surface area contributed by atoms with Crippen LogP contribution in [0.25, 0.3) is 0 Å². The first-order valence-corrected chi connectivity index (χ1v) is 7.72. The highest BCUT2D eigenvalue weighted by atomic mass is 16.2. The zero-order chi connectivity index (χ0) is 17.1. The molecule has 1 N–H and O–H groups in total. The van der Waals surface area contributed by atoms with Crippen LogP contribution in [0, 0.1) is 13.8 Å². The first kappa shape index (κ1) is 15.9. The minimum atomic E-state index is -0.130. The zero-order valence-corrected chi connectivity index (χ0v) is 14.0. The van der Waals surface area contributed by atoms with Crippen LogP contribution >= 0.6 is 0 Å². The number of aromatic amines is 1. The van der Waals surface area contributed by atoms with Crippen molar-refractivity contribution in [1.82, 2.24) is 29.9 Å². The molecule has 3 aromatic heterocycles. The molecule has 3 aromatic rings. The molecular weight excluding hydrogens is 304 g/mol. The fourth-order valence-electron chi connectivity index (χ4n) is 2.58. The summed E-state index contributed by atoms with van der Waals surface area (Å²) in [5.41, 5.74) is 4.27. The lowest BCUT2D eigenvalue weighted by molar-refractivity contribution is 0.0779. The van der Waals surface area contributed by atoms with Crippen LogP contribution in [0.5, 0.6) is 0 Å². The van der Waals surface area contributed by atoms with Crippen LogP contribution in [-0.4, -0.2) is 42.8 Å². The summed E-state index contributed by atoms with van der Waals surface area (Å²) >= 11 is 0. The average molecular weight is 324 g/mol. The summed E-state index contributed by atoms with van der Waals surface area (Å²) < 4.78 is 1.89. The van der Waals surface area contributed by atoms with E-state index in [2.05, 4.69) is 20.3 Å². The Kier molecular flexibility index (Phi) is 4.41. The number of carbonyl (C=O) groups excluding carboxylic acids is 1. The monoisotopic (exact) mass is 324 g/mol. The fourth-order valence-corrected chi connectivity index (χ4v) is 2.58. The molecule has 0 aromatic carbocycles. The van der Waals surface area contributed by atoms with E-state index in [1.54, 1.807) is 30.4 Å². The Labute approximate surface area is 140 Å². The van der Waals surface area contributed by atoms with Crippen LogP contribution in [0.15, 0.2) is 36.7 Å². The number of rotatable bonds is 5. The van der Waals surface area contributed by atoms with Gasteiger partial charge in [0.25, 0.3) is 5.91 Å². The molecule has 3 rings (SSSR count). The van der Waals surface area contributed by atoms with Crippen molar-refractivity contribution in [1.29, 1.82) is 0 Å². The minimum absolute atomic E-state index is 0.130. The summed E-state index contributed by atoms with van der Waals surface area (Å²) in [6.45, 7) is 5.02. The van der Waals surface area contributed by atoms with Gasteiger partial charge in [0.05, 0.1) is 17.9 Å². The summed E-state index contributed by atoms with van der Waals surface area (Å²) in [4.78, 5) is 18.2. The second kappa shape index (κ2) is 6.66. The SMILES string of the molecule is Cc1cc(C)n(Cc2cc(C(=O)N(C)Cc3cccnc3)n[nH]2)n1. The van der Waals surface area contributed by atoms with Crippen LogP contribution in [0.2, 0.25) is 0 Å². The van der Waals surface area contributed by atoms with Crippen LogP contribution in [0.3, 0.4) is 0 Å². The Hall–Kier alpha value is -2.96. The molecule has 0 spiro atoms. The van der Waals surface area contributed by atoms with Gasteiger partial charge in [0.2, 0.25) is 0 Å². The first-order chi connectivity index (χ1) is 11.5. The maximum Gasteiger partial charge on any atom is 0.274 e. The van der Waals surface area contributed by atoms with Crippen molar-refractivity contribution >= 4 is 5.91 Å². The molecule has 0 fully saturated rings. The van der Waals surface area contributed by atoms with Crippen molar-refractivity contribution in [3.8, 4) is 0 Å². The third-order valence-corrected chi connectivity index (χ3v) is 3.76. The number of hydrogen-bond donors (Lipinski definition) is 1. The van der Waals surface area contributed by atoms with Gasteiger partial charge in [-0.1, -0.05) is 6.07 Å². The third-order valence-electron chi connectivity index (χ3n) is 3.76. The van der Waals surface area contributed by atoms with Gasteiger partial charge >= 0.3 is 0 Å². The number of aryl methyl sites for hydroxylation is 2. The molecule has 124 valence electrons. The van der Waals surface area contributed by atoms with Gasteiger partial charge in [0.1, 0.15) is 5.69 Å². The van der Waals surface area contributed by atoms with E-state index in [-0.39, 0.29) is 5.91 Å². The highest BCUT2D eigenvalue weighted by molar-refractivity contribution is 5.92. The number of nitrogens with one attached hydrogen (secondary N) is 1. The Balaban J connectivity index is 1.68. The number of hydrogen-bond acceptors (Lipinski definition) is 4. The highest BCUT2D eigenvalue weighted by Crippen LogP contribution is 2.10. The molecule has 0 saturated carbocycles. The van der Waals surface area contributed by atoms with Crippen molar-refractivity contribution in [3.63, 3.8) is 0 Å². The first-order valence-electron chi connectivity index (χ1n) is 7.72. The predicted octanol–water partition coefficient (Wildman–Crippen LogP) is 1.94. The van der Waals surface area contributed by atoms with Gasteiger partial charge in [-0.25, -0.2) is 0 Å². The van der Waals surface area contributed by atoms with Crippen LogP contribution in [0.4, 0.5) is 0 Å². The Bertz CT molecular complexity index is 836. The van der Waals surface area contributed by atoms with Crippen molar-refractivity contribution in [3.05, 3.63) is 65.0 Å². The summed E-state index contributed by atoms with van der Waals surface area (Å²) in [6, 6.07) is 7.59. The molecule has 0 saturated heterocycles. The van der Waals surface area contributed by atoms with E-state index in [9.17, 15) is 4.79 Å². The van der Waals surface area contributed by atoms with Gasteiger partial charge < -0.3 is 4.90 Å². The molecule has 0 bridgehead atoms. The molecule has 0 aliphatic rings. The molecule has 0 unspecified atom stereocenters. The van der Waals surface area contributed by atoms with Gasteiger partial charge in [-0.15, -0.1) is 0 Å². The molecule has 0 radical (unpaired) electrons. The van der Waals surface area contributed by atoms with E-state index in [1.165, 1.54) is 0 Å². The number of carbonyl (C=O) groups is 1. The van der Waals surface area contributed by atoms with Gasteiger partial charge in [-0.2, -0.15) is 10.2 Å². The predicted molar refractivity (Wildman–Crippen MR) is 89.4 cm³/mol. The summed E-state index contributed by atoms with van der Waals surface area (Å²) in [5.74, 6) is -0.130. The molecule has 24 heavy (non-hydrogen) atoms. The van der Waals surface area contributed by atoms with Crippen LogP contribution < -0.4 is 0 Å². The second-order valence-electron chi connectivity index (χ2n) is 5.89. The molecule has 1 amide bonds. The molecule has 3 heterocycles. The van der Waals surface area contributed by atoms with Crippen LogP contribution in [0.1, 0.15) is 33.1 Å². The molecular formula is C17H20N6O. The van der Waals surface area contributed by atoms with E-state index >= 15 is 0 Å². The van der Waals surface area contributed by atoms with E-state index in [0.717, 1.165) is 22.6 Å². The maximum atomic E-state index is 12.5. The molecule has 7 heteroatoms. The lowest BCUT2D eigenvalue weighted by Crippen LogP contribution is -2.26. The van der Waals surface area contributed by atoms with E-state index in [1.807, 2.05) is 36.7 Å². The lowest BCUT2D eigenvalue weighted by atomic mass is 10.2. The van der Waals surface area contributed by atoms with Gasteiger partial charge in [0.15, 0.2) is 0 Å². The molecule has 0 atom stereocenters.